The molecule has 12 aromatic rings. The molecule has 3 heterocycles. The van der Waals surface area contributed by atoms with Crippen molar-refractivity contribution >= 4 is 76.2 Å². The lowest BCUT2D eigenvalue weighted by molar-refractivity contribution is 0.669. The summed E-state index contributed by atoms with van der Waals surface area (Å²) in [5, 5.41) is 10.4. The predicted octanol–water partition coefficient (Wildman–Crippen LogP) is 13.9. The number of para-hydroxylation sites is 3. The molecule has 0 atom stereocenters. The summed E-state index contributed by atoms with van der Waals surface area (Å²) < 4.78 is 8.66. The minimum absolute atomic E-state index is 0.635. The number of hydrogen-bond donors (Lipinski definition) is 0. The van der Waals surface area contributed by atoms with E-state index in [9.17, 15) is 0 Å². The van der Waals surface area contributed by atoms with Gasteiger partial charge in [0.25, 0.3) is 0 Å². The number of hydrogen-bond acceptors (Lipinski definition) is 3. The number of rotatable bonds is 4. The van der Waals surface area contributed by atoms with Crippen LogP contribution in [-0.4, -0.2) is 14.5 Å². The van der Waals surface area contributed by atoms with Crippen molar-refractivity contribution in [2.45, 2.75) is 0 Å². The van der Waals surface area contributed by atoms with Gasteiger partial charge < -0.3 is 4.42 Å². The van der Waals surface area contributed by atoms with Gasteiger partial charge in [-0.1, -0.05) is 158 Å². The molecule has 260 valence electrons. The highest BCUT2D eigenvalue weighted by Gasteiger charge is 2.21. The van der Waals surface area contributed by atoms with E-state index in [1.165, 1.54) is 32.7 Å². The van der Waals surface area contributed by atoms with Crippen LogP contribution in [-0.2, 0) is 0 Å². The smallest absolute Gasteiger partial charge is 0.235 e. The molecule has 0 amide bonds. The van der Waals surface area contributed by atoms with Gasteiger partial charge in [0, 0.05) is 38.1 Å². The second-order valence-electron chi connectivity index (χ2n) is 14.5. The molecule has 56 heavy (non-hydrogen) atoms. The van der Waals surface area contributed by atoms with Crippen molar-refractivity contribution in [1.82, 2.24) is 14.5 Å². The van der Waals surface area contributed by atoms with Gasteiger partial charge in [0.1, 0.15) is 11.2 Å². The van der Waals surface area contributed by atoms with Crippen LogP contribution in [0, 0.1) is 0 Å². The van der Waals surface area contributed by atoms with Crippen LogP contribution >= 0.6 is 0 Å². The van der Waals surface area contributed by atoms with Crippen LogP contribution in [0.4, 0.5) is 0 Å². The molecule has 0 N–H and O–H groups in total. The Kier molecular flexibility index (Phi) is 6.60. The average molecular weight is 714 g/mol. The predicted molar refractivity (Wildman–Crippen MR) is 232 cm³/mol. The fourth-order valence-electron chi connectivity index (χ4n) is 8.84. The molecule has 0 aliphatic carbocycles. The summed E-state index contributed by atoms with van der Waals surface area (Å²) in [6, 6.07) is 66.7. The van der Waals surface area contributed by atoms with Gasteiger partial charge in [0.2, 0.25) is 5.95 Å². The zero-order valence-electron chi connectivity index (χ0n) is 30.1. The van der Waals surface area contributed by atoms with Gasteiger partial charge in [-0.15, -0.1) is 0 Å². The van der Waals surface area contributed by atoms with Crippen molar-refractivity contribution in [3.05, 3.63) is 188 Å². The molecule has 0 fully saturated rings. The van der Waals surface area contributed by atoms with Gasteiger partial charge in [-0.3, -0.25) is 4.57 Å². The molecule has 0 aliphatic heterocycles. The van der Waals surface area contributed by atoms with E-state index in [4.69, 9.17) is 14.4 Å². The highest BCUT2D eigenvalue weighted by atomic mass is 16.3. The van der Waals surface area contributed by atoms with Crippen LogP contribution in [0.2, 0.25) is 0 Å². The Morgan fingerprint density at radius 2 is 1.02 bits per heavy atom. The number of fused-ring (bicyclic) bond motifs is 10. The molecule has 9 aromatic carbocycles. The van der Waals surface area contributed by atoms with Crippen LogP contribution in [0.3, 0.4) is 0 Å². The first kappa shape index (κ1) is 30.9. The van der Waals surface area contributed by atoms with Crippen molar-refractivity contribution in [3.8, 4) is 39.5 Å². The Hall–Kier alpha value is -7.56. The van der Waals surface area contributed by atoms with Gasteiger partial charge in [-0.2, -0.15) is 0 Å². The van der Waals surface area contributed by atoms with E-state index in [1.54, 1.807) is 0 Å². The molecular formula is C52H31N3O. The number of furan rings is 1. The molecular weight excluding hydrogens is 683 g/mol. The maximum absolute atomic E-state index is 6.40. The molecule has 0 bridgehead atoms. The molecule has 0 spiro atoms. The van der Waals surface area contributed by atoms with E-state index in [2.05, 4.69) is 193 Å². The van der Waals surface area contributed by atoms with Crippen molar-refractivity contribution in [2.24, 2.45) is 0 Å². The third-order valence-electron chi connectivity index (χ3n) is 11.4. The summed E-state index contributed by atoms with van der Waals surface area (Å²) in [6.07, 6.45) is 0. The highest BCUT2D eigenvalue weighted by molar-refractivity contribution is 6.20. The molecule has 12 rings (SSSR count). The topological polar surface area (TPSA) is 43.9 Å². The Labute approximate surface area is 321 Å². The van der Waals surface area contributed by atoms with E-state index in [0.29, 0.717) is 5.95 Å². The van der Waals surface area contributed by atoms with E-state index in [-0.39, 0.29) is 0 Å². The third kappa shape index (κ3) is 4.60. The molecule has 0 radical (unpaired) electrons. The zero-order chi connectivity index (χ0) is 36.7. The normalized spacial score (nSPS) is 11.9. The van der Waals surface area contributed by atoms with E-state index in [0.717, 1.165) is 77.0 Å². The van der Waals surface area contributed by atoms with Gasteiger partial charge in [0.15, 0.2) is 0 Å². The SMILES string of the molecule is c1ccc2c(-c3ccc(-c4nc(-n5c6ccccc6c6cccc(-c7ccc8oc9ccc%10ccccc%10c9c8c7)c65)nc5ccccc45)cc3)cccc2c1. The number of nitrogens with zero attached hydrogens (tertiary/aromatic N) is 3. The van der Waals surface area contributed by atoms with Gasteiger partial charge in [0.05, 0.1) is 22.2 Å². The maximum Gasteiger partial charge on any atom is 0.235 e. The third-order valence-corrected chi connectivity index (χ3v) is 11.4. The van der Waals surface area contributed by atoms with Crippen molar-refractivity contribution < 1.29 is 4.42 Å². The number of benzene rings is 9. The fourth-order valence-corrected chi connectivity index (χ4v) is 8.84. The second kappa shape index (κ2) is 12.0. The molecule has 0 unspecified atom stereocenters. The summed E-state index contributed by atoms with van der Waals surface area (Å²) in [4.78, 5) is 10.7. The summed E-state index contributed by atoms with van der Waals surface area (Å²) >= 11 is 0. The summed E-state index contributed by atoms with van der Waals surface area (Å²) in [5.74, 6) is 0.635. The van der Waals surface area contributed by atoms with Crippen LogP contribution in [0.15, 0.2) is 192 Å². The lowest BCUT2D eigenvalue weighted by atomic mass is 9.96. The molecule has 4 nitrogen and oxygen atoms in total. The van der Waals surface area contributed by atoms with Gasteiger partial charge in [-0.05, 0) is 68.6 Å². The fraction of sp³-hybridized carbons (Fsp3) is 0. The van der Waals surface area contributed by atoms with E-state index in [1.807, 2.05) is 0 Å². The van der Waals surface area contributed by atoms with Gasteiger partial charge in [-0.25, -0.2) is 9.97 Å². The highest BCUT2D eigenvalue weighted by Crippen LogP contribution is 2.42. The van der Waals surface area contributed by atoms with Crippen LogP contribution in [0.5, 0.6) is 0 Å². The van der Waals surface area contributed by atoms with Crippen molar-refractivity contribution in [2.75, 3.05) is 0 Å². The molecule has 4 heteroatoms. The minimum atomic E-state index is 0.635. The number of aromatic nitrogens is 3. The monoisotopic (exact) mass is 713 g/mol. The molecule has 0 aliphatic rings. The first-order valence-corrected chi connectivity index (χ1v) is 19.0. The largest absolute Gasteiger partial charge is 0.456 e. The zero-order valence-corrected chi connectivity index (χ0v) is 30.1. The molecule has 3 aromatic heterocycles. The van der Waals surface area contributed by atoms with Crippen molar-refractivity contribution in [3.63, 3.8) is 0 Å². The Balaban J connectivity index is 1.08. The van der Waals surface area contributed by atoms with Crippen LogP contribution in [0.25, 0.3) is 116 Å². The lowest BCUT2D eigenvalue weighted by Crippen LogP contribution is -2.04. The summed E-state index contributed by atoms with van der Waals surface area (Å²) in [7, 11) is 0. The standard InChI is InChI=1S/C52H31N3O/c1-3-14-37-32(11-1)13-9-18-38(37)34-23-25-35(26-24-34)50-43-17-5-7-21-45(43)53-52(54-50)55-46-22-8-6-16-41(46)42-20-10-19-40(51(42)55)36-28-29-47-44(31-36)49-39-15-4-2-12-33(39)27-30-48(49)56-47/h1-31H. The van der Waals surface area contributed by atoms with Crippen molar-refractivity contribution in [1.29, 1.82) is 0 Å². The maximum atomic E-state index is 6.40. The second-order valence-corrected chi connectivity index (χ2v) is 14.5. The van der Waals surface area contributed by atoms with E-state index < -0.39 is 0 Å². The lowest BCUT2D eigenvalue weighted by Gasteiger charge is -2.14. The molecule has 0 saturated carbocycles. The first-order chi connectivity index (χ1) is 27.8. The Morgan fingerprint density at radius 3 is 1.89 bits per heavy atom. The summed E-state index contributed by atoms with van der Waals surface area (Å²) in [6.45, 7) is 0. The van der Waals surface area contributed by atoms with Crippen LogP contribution in [0.1, 0.15) is 0 Å². The average Bonchev–Trinajstić information content (AvgIpc) is 3.82. The van der Waals surface area contributed by atoms with E-state index >= 15 is 0 Å². The Bertz CT molecular complexity index is 3530. The van der Waals surface area contributed by atoms with Gasteiger partial charge >= 0.3 is 0 Å². The summed E-state index contributed by atoms with van der Waals surface area (Å²) in [5.41, 5.74) is 11.3. The minimum Gasteiger partial charge on any atom is -0.456 e. The quantitative estimate of drug-likeness (QED) is 0.182. The Morgan fingerprint density at radius 1 is 0.393 bits per heavy atom. The molecule has 0 saturated heterocycles. The first-order valence-electron chi connectivity index (χ1n) is 19.0. The van der Waals surface area contributed by atoms with Crippen LogP contribution < -0.4 is 0 Å².